The molecule has 2 heterocycles. The summed E-state index contributed by atoms with van der Waals surface area (Å²) >= 11 is 6.17. The molecule has 5 rings (SSSR count). The third kappa shape index (κ3) is 5.16. The van der Waals surface area contributed by atoms with Crippen LogP contribution in [0.4, 0.5) is 5.69 Å². The van der Waals surface area contributed by atoms with Gasteiger partial charge in [0.15, 0.2) is 5.88 Å². The smallest absolute Gasteiger partial charge is 0.303 e. The standard InChI is InChI=1S/C28H23ClN4O3/c29-21-7-10-23-24(15-21)32-28(36)26(23)27(20-3-1-2-18(14-20)6-11-25(34)35)31-22-8-4-19(5-9-22)16-33-13-12-30-17-33/h1-5,7-10,12-15,17,32,36H,6,11,16H2,(H,34,35). The van der Waals surface area contributed by atoms with Crippen LogP contribution in [0.1, 0.15) is 28.7 Å². The largest absolute Gasteiger partial charge is 0.494 e. The van der Waals surface area contributed by atoms with Gasteiger partial charge in [0.05, 0.1) is 28.8 Å². The number of aliphatic carboxylic acids is 1. The van der Waals surface area contributed by atoms with E-state index in [1.54, 1.807) is 24.7 Å². The molecule has 5 aromatic rings. The number of aromatic nitrogens is 3. The summed E-state index contributed by atoms with van der Waals surface area (Å²) in [7, 11) is 0. The van der Waals surface area contributed by atoms with E-state index < -0.39 is 5.97 Å². The van der Waals surface area contributed by atoms with Crippen LogP contribution in [-0.2, 0) is 17.8 Å². The molecule has 0 saturated heterocycles. The van der Waals surface area contributed by atoms with Gasteiger partial charge in [-0.25, -0.2) is 9.98 Å². The van der Waals surface area contributed by atoms with Crippen LogP contribution in [0.2, 0.25) is 5.02 Å². The van der Waals surface area contributed by atoms with E-state index in [4.69, 9.17) is 21.7 Å². The number of halogens is 1. The van der Waals surface area contributed by atoms with Crippen molar-refractivity contribution in [2.24, 2.45) is 4.99 Å². The summed E-state index contributed by atoms with van der Waals surface area (Å²) < 4.78 is 1.99. The lowest BCUT2D eigenvalue weighted by Gasteiger charge is -2.10. The van der Waals surface area contributed by atoms with Crippen molar-refractivity contribution in [1.29, 1.82) is 0 Å². The lowest BCUT2D eigenvalue weighted by Crippen LogP contribution is -2.05. The van der Waals surface area contributed by atoms with Crippen LogP contribution < -0.4 is 0 Å². The second-order valence-corrected chi connectivity index (χ2v) is 8.93. The molecule has 0 fully saturated rings. The number of benzene rings is 3. The third-order valence-corrected chi connectivity index (χ3v) is 6.14. The van der Waals surface area contributed by atoms with Crippen LogP contribution in [-0.4, -0.2) is 36.4 Å². The highest BCUT2D eigenvalue weighted by Gasteiger charge is 2.19. The Morgan fingerprint density at radius 1 is 1.06 bits per heavy atom. The quantitative estimate of drug-likeness (QED) is 0.230. The number of nitrogens with zero attached hydrogens (tertiary/aromatic N) is 3. The Hall–Kier alpha value is -4.36. The van der Waals surface area contributed by atoms with Crippen molar-refractivity contribution in [2.75, 3.05) is 0 Å². The molecule has 0 spiro atoms. The molecule has 0 atom stereocenters. The van der Waals surface area contributed by atoms with E-state index in [0.717, 1.165) is 27.8 Å². The molecule has 3 N–H and O–H groups in total. The number of aliphatic imine (C=N–C) groups is 1. The maximum absolute atomic E-state index is 11.1. The first-order chi connectivity index (χ1) is 17.5. The molecule has 180 valence electrons. The van der Waals surface area contributed by atoms with Gasteiger partial charge in [0.25, 0.3) is 0 Å². The molecular formula is C28H23ClN4O3. The monoisotopic (exact) mass is 498 g/mol. The topological polar surface area (TPSA) is 104 Å². The molecule has 3 aromatic carbocycles. The summed E-state index contributed by atoms with van der Waals surface area (Å²) in [6.07, 6.45) is 5.86. The molecule has 0 radical (unpaired) electrons. The lowest BCUT2D eigenvalue weighted by atomic mass is 9.97. The Balaban J connectivity index is 1.59. The van der Waals surface area contributed by atoms with Gasteiger partial charge in [-0.05, 0) is 47.9 Å². The zero-order valence-electron chi connectivity index (χ0n) is 19.2. The van der Waals surface area contributed by atoms with Crippen LogP contribution in [0.3, 0.4) is 0 Å². The van der Waals surface area contributed by atoms with Crippen molar-refractivity contribution in [2.45, 2.75) is 19.4 Å². The predicted octanol–water partition coefficient (Wildman–Crippen LogP) is 5.96. The number of aromatic amines is 1. The number of H-pyrrole nitrogens is 1. The molecule has 0 unspecified atom stereocenters. The minimum Gasteiger partial charge on any atom is -0.494 e. The van der Waals surface area contributed by atoms with E-state index in [1.165, 1.54) is 0 Å². The Morgan fingerprint density at radius 2 is 1.89 bits per heavy atom. The van der Waals surface area contributed by atoms with Crippen molar-refractivity contribution in [3.8, 4) is 5.88 Å². The number of nitrogens with one attached hydrogen (secondary N) is 1. The van der Waals surface area contributed by atoms with Gasteiger partial charge in [-0.2, -0.15) is 0 Å². The lowest BCUT2D eigenvalue weighted by molar-refractivity contribution is -0.136. The average molecular weight is 499 g/mol. The van der Waals surface area contributed by atoms with Crippen LogP contribution in [0.25, 0.3) is 10.9 Å². The van der Waals surface area contributed by atoms with Gasteiger partial charge >= 0.3 is 5.97 Å². The molecule has 8 heteroatoms. The van der Waals surface area contributed by atoms with Crippen LogP contribution in [0.5, 0.6) is 5.88 Å². The molecule has 0 aliphatic carbocycles. The zero-order chi connectivity index (χ0) is 25.1. The highest BCUT2D eigenvalue weighted by Crippen LogP contribution is 2.33. The first-order valence-electron chi connectivity index (χ1n) is 11.4. The van der Waals surface area contributed by atoms with Gasteiger partial charge in [0, 0.05) is 41.3 Å². The molecular weight excluding hydrogens is 476 g/mol. The van der Waals surface area contributed by atoms with E-state index in [1.807, 2.05) is 65.4 Å². The number of rotatable bonds is 8. The summed E-state index contributed by atoms with van der Waals surface area (Å²) in [6, 6.07) is 20.9. The van der Waals surface area contributed by atoms with Gasteiger partial charge < -0.3 is 19.8 Å². The molecule has 0 aliphatic heterocycles. The van der Waals surface area contributed by atoms with E-state index in [2.05, 4.69) is 9.97 Å². The maximum atomic E-state index is 11.1. The number of carbonyl (C=O) groups is 1. The zero-order valence-corrected chi connectivity index (χ0v) is 20.0. The number of carboxylic acid groups (broad SMARTS) is 1. The number of hydrogen-bond acceptors (Lipinski definition) is 4. The number of aryl methyl sites for hydroxylation is 1. The first kappa shape index (κ1) is 23.4. The third-order valence-electron chi connectivity index (χ3n) is 5.91. The Bertz CT molecular complexity index is 1550. The Kier molecular flexibility index (Phi) is 6.56. The van der Waals surface area contributed by atoms with Crippen molar-refractivity contribution in [1.82, 2.24) is 14.5 Å². The summed E-state index contributed by atoms with van der Waals surface area (Å²) in [5.41, 5.74) is 5.29. The van der Waals surface area contributed by atoms with Gasteiger partial charge in [0.1, 0.15) is 0 Å². The molecule has 0 aliphatic rings. The first-order valence-corrected chi connectivity index (χ1v) is 11.8. The van der Waals surface area contributed by atoms with Crippen molar-refractivity contribution in [3.05, 3.63) is 113 Å². The number of aromatic hydroxyl groups is 1. The second kappa shape index (κ2) is 10.1. The van der Waals surface area contributed by atoms with E-state index in [-0.39, 0.29) is 12.3 Å². The Morgan fingerprint density at radius 3 is 2.64 bits per heavy atom. The van der Waals surface area contributed by atoms with E-state index in [9.17, 15) is 9.90 Å². The molecule has 0 amide bonds. The number of imidazole rings is 1. The van der Waals surface area contributed by atoms with Crippen molar-refractivity contribution in [3.63, 3.8) is 0 Å². The highest BCUT2D eigenvalue weighted by atomic mass is 35.5. The molecule has 2 aromatic heterocycles. The van der Waals surface area contributed by atoms with Gasteiger partial charge in [-0.1, -0.05) is 48.0 Å². The summed E-state index contributed by atoms with van der Waals surface area (Å²) in [4.78, 5) is 23.1. The van der Waals surface area contributed by atoms with E-state index in [0.29, 0.717) is 34.8 Å². The number of hydrogen-bond donors (Lipinski definition) is 3. The fraction of sp³-hybridized carbons (Fsp3) is 0.107. The number of carboxylic acids is 1. The normalized spacial score (nSPS) is 11.8. The molecule has 0 bridgehead atoms. The predicted molar refractivity (Wildman–Crippen MR) is 140 cm³/mol. The fourth-order valence-corrected chi connectivity index (χ4v) is 4.35. The van der Waals surface area contributed by atoms with Gasteiger partial charge in [-0.3, -0.25) is 4.79 Å². The van der Waals surface area contributed by atoms with Crippen LogP contribution in [0, 0.1) is 0 Å². The summed E-state index contributed by atoms with van der Waals surface area (Å²) in [5.74, 6) is -0.866. The molecule has 0 saturated carbocycles. The van der Waals surface area contributed by atoms with Crippen molar-refractivity contribution < 1.29 is 15.0 Å². The fourth-order valence-electron chi connectivity index (χ4n) is 4.18. The van der Waals surface area contributed by atoms with Gasteiger partial charge in [-0.15, -0.1) is 0 Å². The molecule has 7 nitrogen and oxygen atoms in total. The van der Waals surface area contributed by atoms with E-state index >= 15 is 0 Å². The minimum absolute atomic E-state index is 0.0151. The second-order valence-electron chi connectivity index (χ2n) is 8.49. The Labute approximate surface area is 212 Å². The van der Waals surface area contributed by atoms with Crippen LogP contribution in [0.15, 0.2) is 90.4 Å². The molecule has 36 heavy (non-hydrogen) atoms. The van der Waals surface area contributed by atoms with Gasteiger partial charge in [0.2, 0.25) is 0 Å². The number of fused-ring (bicyclic) bond motifs is 1. The summed E-state index contributed by atoms with van der Waals surface area (Å²) in [5, 5.41) is 21.3. The summed E-state index contributed by atoms with van der Waals surface area (Å²) in [6.45, 7) is 0.701. The minimum atomic E-state index is -0.851. The SMILES string of the molecule is O=C(O)CCc1cccc(C(=Nc2ccc(Cn3ccnc3)cc2)c2c(O)[nH]c3cc(Cl)ccc23)c1. The van der Waals surface area contributed by atoms with Crippen molar-refractivity contribution >= 4 is 39.9 Å². The maximum Gasteiger partial charge on any atom is 0.303 e. The highest BCUT2D eigenvalue weighted by molar-refractivity contribution is 6.31. The van der Waals surface area contributed by atoms with Crippen LogP contribution >= 0.6 is 11.6 Å². The average Bonchev–Trinajstić information content (AvgIpc) is 3.49.